The van der Waals surface area contributed by atoms with E-state index in [4.69, 9.17) is 9.47 Å². The van der Waals surface area contributed by atoms with Crippen molar-refractivity contribution in [1.29, 1.82) is 0 Å². The summed E-state index contributed by atoms with van der Waals surface area (Å²) in [5.41, 5.74) is 0.270. The summed E-state index contributed by atoms with van der Waals surface area (Å²) >= 11 is 1.47. The Morgan fingerprint density at radius 3 is 2.50 bits per heavy atom. The fourth-order valence-electron chi connectivity index (χ4n) is 2.53. The minimum Gasteiger partial charge on any atom is -0.459 e. The third-order valence-corrected chi connectivity index (χ3v) is 5.13. The van der Waals surface area contributed by atoms with Gasteiger partial charge in [-0.05, 0) is 37.3 Å². The third kappa shape index (κ3) is 4.27. The van der Waals surface area contributed by atoms with E-state index in [0.29, 0.717) is 10.8 Å². The molecule has 0 aliphatic heterocycles. The Morgan fingerprint density at radius 2 is 1.75 bits per heavy atom. The molecule has 3 aromatic rings. The number of hydrogen-bond acceptors (Lipinski definition) is 7. The van der Waals surface area contributed by atoms with Gasteiger partial charge in [0.2, 0.25) is 0 Å². The average Bonchev–Trinajstić information content (AvgIpc) is 2.70. The van der Waals surface area contributed by atoms with Crippen molar-refractivity contribution in [3.05, 3.63) is 70.4 Å². The zero-order valence-corrected chi connectivity index (χ0v) is 16.0. The molecule has 1 atom stereocenters. The van der Waals surface area contributed by atoms with Gasteiger partial charge >= 0.3 is 11.9 Å². The molecule has 0 bridgehead atoms. The average molecular weight is 398 g/mol. The Morgan fingerprint density at radius 1 is 1.07 bits per heavy atom. The molecule has 144 valence electrons. The number of carbonyl (C=O) groups excluding carboxylic acids is 2. The Balaban J connectivity index is 1.72. The van der Waals surface area contributed by atoms with Gasteiger partial charge in [0.25, 0.3) is 0 Å². The Bertz CT molecular complexity index is 1130. The van der Waals surface area contributed by atoms with Gasteiger partial charge in [0.15, 0.2) is 5.43 Å². The lowest BCUT2D eigenvalue weighted by Crippen LogP contribution is -2.25. The molecule has 1 aromatic heterocycles. The fraction of sp³-hybridized carbons (Fsp3) is 0.190. The monoisotopic (exact) mass is 398 g/mol. The first-order valence-electron chi connectivity index (χ1n) is 8.50. The predicted molar refractivity (Wildman–Crippen MR) is 108 cm³/mol. The molecular formula is C21H18O6S. The number of fused-ring (bicyclic) bond motifs is 2. The zero-order chi connectivity index (χ0) is 20.3. The molecule has 3 rings (SSSR count). The van der Waals surface area contributed by atoms with Gasteiger partial charge in [-0.1, -0.05) is 18.7 Å². The highest BCUT2D eigenvalue weighted by Gasteiger charge is 2.15. The molecule has 28 heavy (non-hydrogen) atoms. The number of benzene rings is 2. The van der Waals surface area contributed by atoms with Crippen LogP contribution < -0.4 is 5.43 Å². The van der Waals surface area contributed by atoms with Crippen molar-refractivity contribution in [3.8, 4) is 0 Å². The largest absolute Gasteiger partial charge is 0.459 e. The predicted octanol–water partition coefficient (Wildman–Crippen LogP) is 3.05. The Kier molecular flexibility index (Phi) is 5.87. The first-order valence-corrected chi connectivity index (χ1v) is 9.32. The first-order chi connectivity index (χ1) is 13.4. The molecule has 1 N–H and O–H groups in total. The molecule has 0 amide bonds. The van der Waals surface area contributed by atoms with Crippen molar-refractivity contribution >= 4 is 43.4 Å². The maximum absolute atomic E-state index is 12.7. The molecule has 0 fully saturated rings. The first kappa shape index (κ1) is 19.7. The standard InChI is InChI=1S/C21H18O6S/c1-12(2)20(24)26-10-14(22)11-27-21(25)13-7-8-18-16(9-13)19(23)15-5-3-4-6-17(15)28-18/h3-9,14,22H,1,10-11H2,2H3. The fourth-order valence-corrected chi connectivity index (χ4v) is 3.58. The molecule has 2 aromatic carbocycles. The lowest BCUT2D eigenvalue weighted by atomic mass is 10.1. The van der Waals surface area contributed by atoms with E-state index in [2.05, 4.69) is 6.58 Å². The number of aliphatic hydroxyl groups is 1. The number of hydrogen-bond donors (Lipinski definition) is 1. The van der Waals surface area contributed by atoms with E-state index in [0.717, 1.165) is 9.40 Å². The van der Waals surface area contributed by atoms with E-state index in [1.54, 1.807) is 24.3 Å². The molecule has 0 aliphatic rings. The van der Waals surface area contributed by atoms with E-state index in [1.165, 1.54) is 24.3 Å². The minimum atomic E-state index is -1.16. The summed E-state index contributed by atoms with van der Waals surface area (Å²) < 4.78 is 11.5. The van der Waals surface area contributed by atoms with Crippen LogP contribution in [0.4, 0.5) is 0 Å². The van der Waals surface area contributed by atoms with Gasteiger partial charge in [-0.25, -0.2) is 9.59 Å². The highest BCUT2D eigenvalue weighted by Crippen LogP contribution is 2.25. The summed E-state index contributed by atoms with van der Waals surface area (Å²) in [6.07, 6.45) is -1.16. The second kappa shape index (κ2) is 8.33. The molecular weight excluding hydrogens is 380 g/mol. The van der Waals surface area contributed by atoms with Gasteiger partial charge in [0, 0.05) is 25.7 Å². The van der Waals surface area contributed by atoms with Crippen LogP contribution in [0.15, 0.2) is 59.4 Å². The van der Waals surface area contributed by atoms with Gasteiger partial charge in [0.05, 0.1) is 5.56 Å². The van der Waals surface area contributed by atoms with Crippen LogP contribution in [0.1, 0.15) is 17.3 Å². The summed E-state index contributed by atoms with van der Waals surface area (Å²) in [6, 6.07) is 12.1. The summed E-state index contributed by atoms with van der Waals surface area (Å²) in [5.74, 6) is -1.30. The molecule has 6 nitrogen and oxygen atoms in total. The van der Waals surface area contributed by atoms with Crippen molar-refractivity contribution in [1.82, 2.24) is 0 Å². The summed E-state index contributed by atoms with van der Waals surface area (Å²) in [4.78, 5) is 36.2. The normalized spacial score (nSPS) is 11.9. The molecule has 1 unspecified atom stereocenters. The van der Waals surface area contributed by atoms with Crippen LogP contribution in [0.3, 0.4) is 0 Å². The second-order valence-corrected chi connectivity index (χ2v) is 7.35. The molecule has 0 saturated heterocycles. The molecule has 0 saturated carbocycles. The van der Waals surface area contributed by atoms with E-state index >= 15 is 0 Å². The van der Waals surface area contributed by atoms with Gasteiger partial charge in [-0.15, -0.1) is 11.3 Å². The smallest absolute Gasteiger partial charge is 0.338 e. The van der Waals surface area contributed by atoms with E-state index in [1.807, 2.05) is 12.1 Å². The lowest BCUT2D eigenvalue weighted by Gasteiger charge is -2.12. The number of ether oxygens (including phenoxy) is 2. The van der Waals surface area contributed by atoms with Gasteiger partial charge < -0.3 is 14.6 Å². The Labute approximate surface area is 164 Å². The summed E-state index contributed by atoms with van der Waals surface area (Å²) in [6.45, 7) is 4.27. The maximum atomic E-state index is 12.7. The highest BCUT2D eigenvalue weighted by molar-refractivity contribution is 7.24. The molecule has 0 aliphatic carbocycles. The number of aliphatic hydroxyl groups excluding tert-OH is 1. The van der Waals surface area contributed by atoms with Crippen molar-refractivity contribution in [2.24, 2.45) is 0 Å². The highest BCUT2D eigenvalue weighted by atomic mass is 32.1. The number of rotatable bonds is 6. The van der Waals surface area contributed by atoms with Gasteiger partial charge in [0.1, 0.15) is 19.3 Å². The van der Waals surface area contributed by atoms with Crippen LogP contribution in [0, 0.1) is 0 Å². The van der Waals surface area contributed by atoms with E-state index in [-0.39, 0.29) is 29.8 Å². The third-order valence-electron chi connectivity index (χ3n) is 3.97. The molecule has 7 heteroatoms. The Hall–Kier alpha value is -3.03. The zero-order valence-electron chi connectivity index (χ0n) is 15.1. The van der Waals surface area contributed by atoms with Crippen molar-refractivity contribution in [2.45, 2.75) is 13.0 Å². The summed E-state index contributed by atoms with van der Waals surface area (Å²) in [7, 11) is 0. The number of esters is 2. The van der Waals surface area contributed by atoms with E-state index in [9.17, 15) is 19.5 Å². The van der Waals surface area contributed by atoms with Crippen LogP contribution >= 0.6 is 11.3 Å². The van der Waals surface area contributed by atoms with Crippen molar-refractivity contribution < 1.29 is 24.2 Å². The second-order valence-electron chi connectivity index (χ2n) is 6.27. The van der Waals surface area contributed by atoms with Crippen molar-refractivity contribution in [2.75, 3.05) is 13.2 Å². The molecule has 1 heterocycles. The molecule has 0 radical (unpaired) electrons. The maximum Gasteiger partial charge on any atom is 0.338 e. The quantitative estimate of drug-likeness (QED) is 0.390. The van der Waals surface area contributed by atoms with Crippen LogP contribution in [-0.4, -0.2) is 36.4 Å². The van der Waals surface area contributed by atoms with Crippen LogP contribution in [-0.2, 0) is 14.3 Å². The SMILES string of the molecule is C=C(C)C(=O)OCC(O)COC(=O)c1ccc2sc3ccccc3c(=O)c2c1. The van der Waals surface area contributed by atoms with Crippen LogP contribution in [0.2, 0.25) is 0 Å². The minimum absolute atomic E-state index is 0.147. The van der Waals surface area contributed by atoms with Crippen molar-refractivity contribution in [3.63, 3.8) is 0 Å². The summed E-state index contributed by atoms with van der Waals surface area (Å²) in [5, 5.41) is 10.8. The van der Waals surface area contributed by atoms with Crippen LogP contribution in [0.25, 0.3) is 20.2 Å². The number of carbonyl (C=O) groups is 2. The lowest BCUT2D eigenvalue weighted by molar-refractivity contribution is -0.142. The topological polar surface area (TPSA) is 89.9 Å². The van der Waals surface area contributed by atoms with Gasteiger partial charge in [-0.3, -0.25) is 4.79 Å². The van der Waals surface area contributed by atoms with Crippen LogP contribution in [0.5, 0.6) is 0 Å². The van der Waals surface area contributed by atoms with Gasteiger partial charge in [-0.2, -0.15) is 0 Å². The molecule has 0 spiro atoms. The van der Waals surface area contributed by atoms with E-state index < -0.39 is 18.0 Å².